The first kappa shape index (κ1) is 15.2. The highest BCUT2D eigenvalue weighted by atomic mass is 32.1. The molecule has 2 atom stereocenters. The lowest BCUT2D eigenvalue weighted by Gasteiger charge is -2.20. The molecule has 3 rings (SSSR count). The molecular weight excluding hydrogens is 302 g/mol. The summed E-state index contributed by atoms with van der Waals surface area (Å²) in [5, 5.41) is 3.39. The molecule has 0 aliphatic carbocycles. The predicted octanol–water partition coefficient (Wildman–Crippen LogP) is 1.60. The lowest BCUT2D eigenvalue weighted by molar-refractivity contribution is -0.128. The van der Waals surface area contributed by atoms with Crippen LogP contribution in [0.2, 0.25) is 0 Å². The molecule has 2 saturated heterocycles. The smallest absolute Gasteiger partial charge is 0.323 e. The number of urea groups is 1. The Hall–Kier alpha value is -1.70. The molecule has 0 saturated carbocycles. The van der Waals surface area contributed by atoms with Gasteiger partial charge in [0.2, 0.25) is 11.0 Å². The van der Waals surface area contributed by atoms with Gasteiger partial charge < -0.3 is 9.80 Å². The third kappa shape index (κ3) is 2.92. The molecule has 8 heteroatoms. The van der Waals surface area contributed by atoms with Gasteiger partial charge in [-0.05, 0) is 0 Å². The number of hydrogen-bond acceptors (Lipinski definition) is 5. The minimum absolute atomic E-state index is 0.116. The first-order valence-electron chi connectivity index (χ1n) is 7.59. The maximum Gasteiger partial charge on any atom is 0.323 e. The Labute approximate surface area is 133 Å². The van der Waals surface area contributed by atoms with Crippen molar-refractivity contribution in [2.24, 2.45) is 11.8 Å². The van der Waals surface area contributed by atoms with Gasteiger partial charge in [0, 0.05) is 62.4 Å². The first-order chi connectivity index (χ1) is 10.4. The molecule has 1 N–H and O–H groups in total. The van der Waals surface area contributed by atoms with Crippen molar-refractivity contribution in [3.8, 4) is 0 Å². The zero-order valence-electron chi connectivity index (χ0n) is 13.1. The number of carbonyl (C=O) groups excluding carboxylic acids is 2. The number of amides is 3. The van der Waals surface area contributed by atoms with Gasteiger partial charge in [0.15, 0.2) is 0 Å². The number of anilines is 1. The first-order valence-corrected chi connectivity index (χ1v) is 8.36. The summed E-state index contributed by atoms with van der Waals surface area (Å²) in [5.41, 5.74) is 0. The molecule has 3 amide bonds. The normalized spacial score (nSPS) is 24.0. The van der Waals surface area contributed by atoms with Gasteiger partial charge in [0.05, 0.1) is 0 Å². The maximum atomic E-state index is 12.3. The summed E-state index contributed by atoms with van der Waals surface area (Å²) >= 11 is 1.22. The van der Waals surface area contributed by atoms with Crippen LogP contribution >= 0.6 is 11.5 Å². The molecule has 0 unspecified atom stereocenters. The van der Waals surface area contributed by atoms with Crippen molar-refractivity contribution in [3.63, 3.8) is 0 Å². The van der Waals surface area contributed by atoms with Gasteiger partial charge in [-0.15, -0.1) is 0 Å². The van der Waals surface area contributed by atoms with E-state index in [1.54, 1.807) is 6.92 Å². The lowest BCUT2D eigenvalue weighted by atomic mass is 10.0. The summed E-state index contributed by atoms with van der Waals surface area (Å²) in [4.78, 5) is 31.8. The van der Waals surface area contributed by atoms with Gasteiger partial charge in [0.25, 0.3) is 0 Å². The third-order valence-corrected chi connectivity index (χ3v) is 5.04. The average Bonchev–Trinajstić information content (AvgIpc) is 3.10. The molecule has 1 aromatic rings. The topological polar surface area (TPSA) is 78.4 Å². The highest BCUT2D eigenvalue weighted by molar-refractivity contribution is 7.09. The van der Waals surface area contributed by atoms with Crippen molar-refractivity contribution < 1.29 is 9.59 Å². The summed E-state index contributed by atoms with van der Waals surface area (Å²) < 4.78 is 4.24. The molecule has 7 nitrogen and oxygen atoms in total. The summed E-state index contributed by atoms with van der Waals surface area (Å²) in [6.07, 6.45) is 0. The summed E-state index contributed by atoms with van der Waals surface area (Å²) in [5.74, 6) is 1.94. The Balaban J connectivity index is 1.55. The Morgan fingerprint density at radius 3 is 2.27 bits per heavy atom. The number of nitrogens with one attached hydrogen (secondary N) is 1. The Morgan fingerprint density at radius 2 is 1.77 bits per heavy atom. The number of nitrogens with zero attached hydrogens (tertiary/aromatic N) is 4. The fraction of sp³-hybridized carbons (Fsp3) is 0.714. The Morgan fingerprint density at radius 1 is 1.18 bits per heavy atom. The molecule has 0 aromatic carbocycles. The minimum atomic E-state index is -0.116. The third-order valence-electron chi connectivity index (χ3n) is 4.39. The van der Waals surface area contributed by atoms with Gasteiger partial charge in [0.1, 0.15) is 5.82 Å². The molecule has 2 aliphatic heterocycles. The van der Waals surface area contributed by atoms with Gasteiger partial charge in [-0.2, -0.15) is 4.37 Å². The molecule has 2 aliphatic rings. The van der Waals surface area contributed by atoms with Gasteiger partial charge in [-0.3, -0.25) is 10.1 Å². The van der Waals surface area contributed by atoms with E-state index >= 15 is 0 Å². The van der Waals surface area contributed by atoms with Crippen LogP contribution < -0.4 is 5.32 Å². The standard InChI is InChI=1S/C14H21N5O2S/c1-8(2)12-15-13(22-17-12)16-14(21)19-6-10-4-18(9(3)20)5-11(10)7-19/h8,10-11H,4-7H2,1-3H3,(H,15,16,17,21)/t10-,11+. The monoisotopic (exact) mass is 323 g/mol. The van der Waals surface area contributed by atoms with E-state index in [0.717, 1.165) is 18.9 Å². The highest BCUT2D eigenvalue weighted by Crippen LogP contribution is 2.31. The molecule has 0 bridgehead atoms. The van der Waals surface area contributed by atoms with E-state index in [2.05, 4.69) is 14.7 Å². The van der Waals surface area contributed by atoms with Crippen LogP contribution in [0.5, 0.6) is 0 Å². The largest absolute Gasteiger partial charge is 0.342 e. The molecule has 120 valence electrons. The van der Waals surface area contributed by atoms with Crippen molar-refractivity contribution in [2.75, 3.05) is 31.5 Å². The summed E-state index contributed by atoms with van der Waals surface area (Å²) in [6, 6.07) is -0.116. The van der Waals surface area contributed by atoms with E-state index in [0.29, 0.717) is 30.1 Å². The number of fused-ring (bicyclic) bond motifs is 1. The second-order valence-corrected chi connectivity index (χ2v) is 7.14. The van der Waals surface area contributed by atoms with Crippen molar-refractivity contribution in [1.82, 2.24) is 19.2 Å². The SMILES string of the molecule is CC(=O)N1C[C@@H]2CN(C(=O)Nc3nc(C(C)C)ns3)C[C@@H]2C1. The van der Waals surface area contributed by atoms with Crippen LogP contribution in [0.4, 0.5) is 9.93 Å². The van der Waals surface area contributed by atoms with Crippen LogP contribution in [0.3, 0.4) is 0 Å². The van der Waals surface area contributed by atoms with Crippen LogP contribution in [0.1, 0.15) is 32.5 Å². The van der Waals surface area contributed by atoms with Gasteiger partial charge >= 0.3 is 6.03 Å². The molecule has 0 radical (unpaired) electrons. The zero-order valence-corrected chi connectivity index (χ0v) is 13.9. The Kier molecular flexibility index (Phi) is 4.03. The van der Waals surface area contributed by atoms with Crippen molar-refractivity contribution in [3.05, 3.63) is 5.82 Å². The second-order valence-electron chi connectivity index (χ2n) is 6.39. The van der Waals surface area contributed by atoms with Crippen molar-refractivity contribution >= 4 is 28.6 Å². The Bertz CT molecular complexity index is 574. The van der Waals surface area contributed by atoms with E-state index in [-0.39, 0.29) is 17.9 Å². The molecule has 22 heavy (non-hydrogen) atoms. The van der Waals surface area contributed by atoms with E-state index in [1.807, 2.05) is 23.6 Å². The number of likely N-dealkylation sites (tertiary alicyclic amines) is 2. The van der Waals surface area contributed by atoms with Crippen LogP contribution in [-0.2, 0) is 4.79 Å². The van der Waals surface area contributed by atoms with Crippen molar-refractivity contribution in [1.29, 1.82) is 0 Å². The summed E-state index contributed by atoms with van der Waals surface area (Å²) in [6.45, 7) is 8.59. The quantitative estimate of drug-likeness (QED) is 0.897. The maximum absolute atomic E-state index is 12.3. The van der Waals surface area contributed by atoms with Gasteiger partial charge in [-0.25, -0.2) is 9.78 Å². The van der Waals surface area contributed by atoms with E-state index in [1.165, 1.54) is 11.5 Å². The molecule has 3 heterocycles. The van der Waals surface area contributed by atoms with Crippen molar-refractivity contribution in [2.45, 2.75) is 26.7 Å². The van der Waals surface area contributed by atoms with E-state index < -0.39 is 0 Å². The molecule has 2 fully saturated rings. The lowest BCUT2D eigenvalue weighted by Crippen LogP contribution is -2.37. The van der Waals surface area contributed by atoms with Crippen LogP contribution in [-0.4, -0.2) is 57.3 Å². The average molecular weight is 323 g/mol. The van der Waals surface area contributed by atoms with Crippen LogP contribution in [0, 0.1) is 11.8 Å². The predicted molar refractivity (Wildman–Crippen MR) is 83.8 cm³/mol. The van der Waals surface area contributed by atoms with Gasteiger partial charge in [-0.1, -0.05) is 13.8 Å². The van der Waals surface area contributed by atoms with E-state index in [4.69, 9.17) is 0 Å². The fourth-order valence-electron chi connectivity index (χ4n) is 3.11. The fourth-order valence-corrected chi connectivity index (χ4v) is 3.81. The molecular formula is C14H21N5O2S. The van der Waals surface area contributed by atoms with Crippen LogP contribution in [0.15, 0.2) is 0 Å². The number of aromatic nitrogens is 2. The minimum Gasteiger partial charge on any atom is -0.342 e. The molecule has 1 aromatic heterocycles. The highest BCUT2D eigenvalue weighted by Gasteiger charge is 2.42. The summed E-state index contributed by atoms with van der Waals surface area (Å²) in [7, 11) is 0. The number of rotatable bonds is 2. The number of hydrogen-bond donors (Lipinski definition) is 1. The van der Waals surface area contributed by atoms with Crippen LogP contribution in [0.25, 0.3) is 0 Å². The second kappa shape index (κ2) is 5.83. The number of carbonyl (C=O) groups is 2. The zero-order chi connectivity index (χ0) is 15.9. The van der Waals surface area contributed by atoms with E-state index in [9.17, 15) is 9.59 Å². The molecule has 0 spiro atoms.